The molecule has 2 N–H and O–H groups in total. The van der Waals surface area contributed by atoms with Crippen molar-refractivity contribution >= 4 is 28.5 Å². The topological polar surface area (TPSA) is 110 Å². The molecule has 0 saturated heterocycles. The van der Waals surface area contributed by atoms with E-state index in [1.165, 1.54) is 0 Å². The molecule has 0 atom stereocenters. The molecule has 0 aliphatic rings. The number of rotatable bonds is 7. The van der Waals surface area contributed by atoms with Gasteiger partial charge in [-0.1, -0.05) is 12.1 Å². The van der Waals surface area contributed by atoms with Crippen molar-refractivity contribution in [1.29, 1.82) is 0 Å². The van der Waals surface area contributed by atoms with Gasteiger partial charge in [-0.15, -0.1) is 0 Å². The van der Waals surface area contributed by atoms with Crippen LogP contribution in [0.3, 0.4) is 0 Å². The van der Waals surface area contributed by atoms with E-state index >= 15 is 0 Å². The van der Waals surface area contributed by atoms with Crippen molar-refractivity contribution in [3.8, 4) is 5.75 Å². The van der Waals surface area contributed by atoms with Crippen LogP contribution in [0.2, 0.25) is 0 Å². The van der Waals surface area contributed by atoms with Crippen LogP contribution in [0.4, 0.5) is 5.69 Å². The number of esters is 1. The summed E-state index contributed by atoms with van der Waals surface area (Å²) in [6, 6.07) is 13.7. The minimum Gasteiger partial charge on any atom is -0.497 e. The predicted octanol–water partition coefficient (Wildman–Crippen LogP) is 2.05. The average molecular weight is 381 g/mol. The monoisotopic (exact) mass is 381 g/mol. The Morgan fingerprint density at radius 3 is 2.61 bits per heavy atom. The number of anilines is 1. The van der Waals surface area contributed by atoms with Crippen LogP contribution in [-0.2, 0) is 20.7 Å². The van der Waals surface area contributed by atoms with Crippen molar-refractivity contribution in [2.75, 3.05) is 19.0 Å². The molecule has 0 aliphatic heterocycles. The number of nitrogens with one attached hydrogen (secondary N) is 2. The normalized spacial score (nSPS) is 10.5. The Morgan fingerprint density at radius 2 is 1.86 bits per heavy atom. The highest BCUT2D eigenvalue weighted by atomic mass is 16.5. The lowest BCUT2D eigenvalue weighted by atomic mass is 10.2. The number of fused-ring (bicyclic) bond motifs is 1. The Labute approximate surface area is 160 Å². The van der Waals surface area contributed by atoms with E-state index in [2.05, 4.69) is 15.3 Å². The Morgan fingerprint density at radius 1 is 1.11 bits per heavy atom. The van der Waals surface area contributed by atoms with Crippen LogP contribution in [-0.4, -0.2) is 35.6 Å². The molecular formula is C20H19N3O5. The average Bonchev–Trinajstić information content (AvgIpc) is 2.71. The maximum atomic E-state index is 12.0. The summed E-state index contributed by atoms with van der Waals surface area (Å²) in [4.78, 5) is 42.7. The van der Waals surface area contributed by atoms with E-state index in [1.54, 1.807) is 55.6 Å². The van der Waals surface area contributed by atoms with Crippen molar-refractivity contribution in [3.05, 3.63) is 64.7 Å². The fourth-order valence-corrected chi connectivity index (χ4v) is 2.56. The summed E-state index contributed by atoms with van der Waals surface area (Å²) in [5.41, 5.74) is 0.876. The van der Waals surface area contributed by atoms with Crippen molar-refractivity contribution < 1.29 is 19.1 Å². The molecule has 1 aromatic heterocycles. The first kappa shape index (κ1) is 19.1. The molecule has 0 bridgehead atoms. The van der Waals surface area contributed by atoms with Gasteiger partial charge in [-0.05, 0) is 36.4 Å². The third kappa shape index (κ3) is 4.94. The van der Waals surface area contributed by atoms with Crippen LogP contribution >= 0.6 is 0 Å². The van der Waals surface area contributed by atoms with Crippen LogP contribution in [0.1, 0.15) is 12.2 Å². The van der Waals surface area contributed by atoms with Crippen LogP contribution < -0.4 is 15.6 Å². The van der Waals surface area contributed by atoms with Crippen molar-refractivity contribution in [3.63, 3.8) is 0 Å². The SMILES string of the molecule is COc1ccc(NC(=O)COC(=O)CCc2nc3ccccc3c(=O)[nH]2)cc1. The number of aromatic amines is 1. The van der Waals surface area contributed by atoms with Crippen LogP contribution in [0.5, 0.6) is 5.75 Å². The van der Waals surface area contributed by atoms with Crippen LogP contribution in [0.25, 0.3) is 10.9 Å². The first-order valence-electron chi connectivity index (χ1n) is 8.62. The second-order valence-corrected chi connectivity index (χ2v) is 5.97. The fraction of sp³-hybridized carbons (Fsp3) is 0.200. The van der Waals surface area contributed by atoms with Gasteiger partial charge in [0.15, 0.2) is 6.61 Å². The molecule has 1 heterocycles. The van der Waals surface area contributed by atoms with Gasteiger partial charge in [0.2, 0.25) is 0 Å². The summed E-state index contributed by atoms with van der Waals surface area (Å²) in [5, 5.41) is 3.11. The molecule has 8 nitrogen and oxygen atoms in total. The minimum atomic E-state index is -0.555. The molecule has 2 aromatic carbocycles. The highest BCUT2D eigenvalue weighted by Gasteiger charge is 2.10. The Hall–Kier alpha value is -3.68. The molecule has 28 heavy (non-hydrogen) atoms. The molecule has 0 spiro atoms. The number of carbonyl (C=O) groups excluding carboxylic acids is 2. The van der Waals surface area contributed by atoms with Gasteiger partial charge in [0.1, 0.15) is 11.6 Å². The number of aryl methyl sites for hydroxylation is 1. The number of ether oxygens (including phenoxy) is 2. The van der Waals surface area contributed by atoms with Crippen molar-refractivity contribution in [2.24, 2.45) is 0 Å². The molecule has 0 aliphatic carbocycles. The second-order valence-electron chi connectivity index (χ2n) is 5.97. The van der Waals surface area contributed by atoms with Gasteiger partial charge in [0.05, 0.1) is 24.4 Å². The standard InChI is InChI=1S/C20H19N3O5/c1-27-14-8-6-13(7-9-14)21-18(24)12-28-19(25)11-10-17-22-16-5-3-2-4-15(16)20(26)23-17/h2-9H,10-12H2,1H3,(H,21,24)(H,22,23,26). The summed E-state index contributed by atoms with van der Waals surface area (Å²) in [6.45, 7) is -0.396. The largest absolute Gasteiger partial charge is 0.497 e. The lowest BCUT2D eigenvalue weighted by Crippen LogP contribution is -2.21. The van der Waals surface area contributed by atoms with Gasteiger partial charge in [-0.3, -0.25) is 14.4 Å². The number of amides is 1. The number of methoxy groups -OCH3 is 1. The molecule has 144 valence electrons. The fourth-order valence-electron chi connectivity index (χ4n) is 2.56. The van der Waals surface area contributed by atoms with Gasteiger partial charge in [0, 0.05) is 12.1 Å². The highest BCUT2D eigenvalue weighted by Crippen LogP contribution is 2.14. The van der Waals surface area contributed by atoms with Crippen molar-refractivity contribution in [1.82, 2.24) is 9.97 Å². The summed E-state index contributed by atoms with van der Waals surface area (Å²) in [6.07, 6.45) is 0.204. The van der Waals surface area contributed by atoms with Crippen molar-refractivity contribution in [2.45, 2.75) is 12.8 Å². The predicted molar refractivity (Wildman–Crippen MR) is 103 cm³/mol. The maximum absolute atomic E-state index is 12.0. The number of carbonyl (C=O) groups is 2. The van der Waals surface area contributed by atoms with Crippen LogP contribution in [0.15, 0.2) is 53.3 Å². The third-order valence-electron chi connectivity index (χ3n) is 3.97. The first-order valence-corrected chi connectivity index (χ1v) is 8.62. The second kappa shape index (κ2) is 8.81. The number of aromatic nitrogens is 2. The molecule has 0 fully saturated rings. The zero-order chi connectivity index (χ0) is 19.9. The summed E-state index contributed by atoms with van der Waals surface area (Å²) in [5.74, 6) is 0.0598. The number of H-pyrrole nitrogens is 1. The molecule has 1 amide bonds. The molecule has 3 rings (SSSR count). The summed E-state index contributed by atoms with van der Waals surface area (Å²) in [7, 11) is 1.55. The van der Waals surface area contributed by atoms with Gasteiger partial charge >= 0.3 is 5.97 Å². The number of hydrogen-bond donors (Lipinski definition) is 2. The Kier molecular flexibility index (Phi) is 6.01. The Balaban J connectivity index is 1.47. The molecular weight excluding hydrogens is 362 g/mol. The molecule has 0 saturated carbocycles. The molecule has 0 radical (unpaired) electrons. The Bertz CT molecular complexity index is 1040. The third-order valence-corrected chi connectivity index (χ3v) is 3.97. The van der Waals surface area contributed by atoms with Crippen LogP contribution in [0, 0.1) is 0 Å². The van der Waals surface area contributed by atoms with E-state index < -0.39 is 18.5 Å². The van der Waals surface area contributed by atoms with Gasteiger partial charge in [-0.2, -0.15) is 0 Å². The highest BCUT2D eigenvalue weighted by molar-refractivity contribution is 5.92. The lowest BCUT2D eigenvalue weighted by Gasteiger charge is -2.07. The van der Waals surface area contributed by atoms with E-state index in [0.29, 0.717) is 28.2 Å². The summed E-state index contributed by atoms with van der Waals surface area (Å²) < 4.78 is 10.0. The number of nitrogens with zero attached hydrogens (tertiary/aromatic N) is 1. The summed E-state index contributed by atoms with van der Waals surface area (Å²) >= 11 is 0. The molecule has 8 heteroatoms. The van der Waals surface area contributed by atoms with E-state index in [1.807, 2.05) is 0 Å². The van der Waals surface area contributed by atoms with E-state index in [0.717, 1.165) is 0 Å². The smallest absolute Gasteiger partial charge is 0.306 e. The minimum absolute atomic E-state index is 0.00288. The lowest BCUT2D eigenvalue weighted by molar-refractivity contribution is -0.147. The van der Waals surface area contributed by atoms with Gasteiger partial charge in [0.25, 0.3) is 11.5 Å². The number of benzene rings is 2. The molecule has 3 aromatic rings. The van der Waals surface area contributed by atoms with E-state index in [4.69, 9.17) is 9.47 Å². The zero-order valence-electron chi connectivity index (χ0n) is 15.2. The number of para-hydroxylation sites is 1. The van der Waals surface area contributed by atoms with Gasteiger partial charge in [-0.25, -0.2) is 4.98 Å². The zero-order valence-corrected chi connectivity index (χ0v) is 15.2. The van der Waals surface area contributed by atoms with Gasteiger partial charge < -0.3 is 19.8 Å². The first-order chi connectivity index (χ1) is 13.5. The quantitative estimate of drug-likeness (QED) is 0.606. The number of hydrogen-bond acceptors (Lipinski definition) is 6. The van der Waals surface area contributed by atoms with E-state index in [9.17, 15) is 14.4 Å². The molecule has 0 unspecified atom stereocenters. The van der Waals surface area contributed by atoms with E-state index in [-0.39, 0.29) is 18.4 Å². The maximum Gasteiger partial charge on any atom is 0.306 e.